The number of pyridine rings is 1. The van der Waals surface area contributed by atoms with Gasteiger partial charge in [-0.2, -0.15) is 24.0 Å². The van der Waals surface area contributed by atoms with Gasteiger partial charge in [-0.3, -0.25) is 4.79 Å². The van der Waals surface area contributed by atoms with E-state index in [0.29, 0.717) is 50.5 Å². The lowest BCUT2D eigenvalue weighted by atomic mass is 10.0. The SMILES string of the molecule is Cc1ccc(-c2noc([C@H]3C[C@@H]3F)n2)cc1NC(=O)c1cnn2cc(Cl)c(-c3c(C)nn(C(F)F)c3C)cc12. The number of hydrogen-bond acceptors (Lipinski definition) is 6. The summed E-state index contributed by atoms with van der Waals surface area (Å²) in [6.07, 6.45) is 2.33. The van der Waals surface area contributed by atoms with Crippen molar-refractivity contribution in [3.63, 3.8) is 0 Å². The van der Waals surface area contributed by atoms with Crippen LogP contribution < -0.4 is 5.32 Å². The van der Waals surface area contributed by atoms with E-state index in [1.54, 1.807) is 31.2 Å². The number of carbonyl (C=O) groups excluding carboxylic acids is 1. The molecule has 0 bridgehead atoms. The second-order valence-corrected chi connectivity index (χ2v) is 9.90. The minimum atomic E-state index is -2.80. The number of benzene rings is 1. The summed E-state index contributed by atoms with van der Waals surface area (Å²) in [7, 11) is 0. The van der Waals surface area contributed by atoms with Gasteiger partial charge in [0.25, 0.3) is 5.91 Å². The van der Waals surface area contributed by atoms with Gasteiger partial charge in [0.2, 0.25) is 11.7 Å². The van der Waals surface area contributed by atoms with Crippen LogP contribution in [0.4, 0.5) is 18.9 Å². The van der Waals surface area contributed by atoms with E-state index < -0.39 is 18.6 Å². The number of aromatic nitrogens is 6. The van der Waals surface area contributed by atoms with Gasteiger partial charge in [0.1, 0.15) is 6.17 Å². The van der Waals surface area contributed by atoms with Crippen molar-refractivity contribution in [2.24, 2.45) is 0 Å². The molecule has 1 aromatic carbocycles. The summed E-state index contributed by atoms with van der Waals surface area (Å²) in [6.45, 7) is 2.19. The first-order valence-corrected chi connectivity index (χ1v) is 12.4. The van der Waals surface area contributed by atoms with Gasteiger partial charge in [-0.05, 0) is 44.9 Å². The molecule has 2 atom stereocenters. The fourth-order valence-corrected chi connectivity index (χ4v) is 4.86. The van der Waals surface area contributed by atoms with Crippen LogP contribution in [0.15, 0.2) is 41.2 Å². The van der Waals surface area contributed by atoms with Crippen molar-refractivity contribution >= 4 is 28.7 Å². The highest BCUT2D eigenvalue weighted by molar-refractivity contribution is 6.33. The maximum Gasteiger partial charge on any atom is 0.333 e. The van der Waals surface area contributed by atoms with Gasteiger partial charge in [0.15, 0.2) is 0 Å². The molecule has 0 unspecified atom stereocenters. The lowest BCUT2D eigenvalue weighted by Gasteiger charge is -2.10. The zero-order valence-electron chi connectivity index (χ0n) is 20.9. The Morgan fingerprint density at radius 1 is 1.23 bits per heavy atom. The Hall–Kier alpha value is -4.19. The van der Waals surface area contributed by atoms with Gasteiger partial charge in [-0.1, -0.05) is 28.9 Å². The fraction of sp³-hybridized carbons (Fsp3) is 0.269. The molecule has 5 aromatic rings. The number of amides is 1. The number of anilines is 1. The minimum Gasteiger partial charge on any atom is -0.339 e. The lowest BCUT2D eigenvalue weighted by Crippen LogP contribution is -2.12. The molecule has 1 saturated carbocycles. The quantitative estimate of drug-likeness (QED) is 0.264. The highest BCUT2D eigenvalue weighted by Gasteiger charge is 2.43. The number of rotatable bonds is 6. The standard InChI is InChI=1S/C26H21ClF3N7O2/c1-11-4-5-14(23-33-25(39-35-23)16-7-19(16)28)6-20(11)32-24(38)17-9-31-36-10-18(27)15(8-21(17)36)22-12(2)34-37(13(22)3)26(29)30/h4-6,8-10,16,19,26H,7H2,1-3H3,(H,32,38)/t16-,19-/m0/s1. The number of alkyl halides is 3. The molecule has 0 aliphatic heterocycles. The van der Waals surface area contributed by atoms with E-state index >= 15 is 0 Å². The zero-order valence-corrected chi connectivity index (χ0v) is 21.7. The molecule has 1 fully saturated rings. The molecule has 0 radical (unpaired) electrons. The molecular weight excluding hydrogens is 535 g/mol. The van der Waals surface area contributed by atoms with Crippen LogP contribution >= 0.6 is 11.6 Å². The second kappa shape index (κ2) is 9.23. The van der Waals surface area contributed by atoms with Crippen LogP contribution in [0, 0.1) is 20.8 Å². The molecule has 9 nitrogen and oxygen atoms in total. The van der Waals surface area contributed by atoms with Gasteiger partial charge in [-0.25, -0.2) is 13.6 Å². The Balaban J connectivity index is 1.33. The van der Waals surface area contributed by atoms with E-state index in [1.807, 2.05) is 6.92 Å². The smallest absolute Gasteiger partial charge is 0.333 e. The first kappa shape index (κ1) is 25.1. The molecule has 1 aliphatic rings. The van der Waals surface area contributed by atoms with Crippen LogP contribution in [0.3, 0.4) is 0 Å². The van der Waals surface area contributed by atoms with Crippen LogP contribution in [-0.2, 0) is 0 Å². The van der Waals surface area contributed by atoms with Crippen LogP contribution in [0.2, 0.25) is 5.02 Å². The third-order valence-corrected chi connectivity index (χ3v) is 7.15. The van der Waals surface area contributed by atoms with Crippen molar-refractivity contribution in [1.29, 1.82) is 0 Å². The van der Waals surface area contributed by atoms with Gasteiger partial charge < -0.3 is 9.84 Å². The van der Waals surface area contributed by atoms with Crippen molar-refractivity contribution in [3.8, 4) is 22.5 Å². The Bertz CT molecular complexity index is 1760. The Morgan fingerprint density at radius 2 is 2.00 bits per heavy atom. The van der Waals surface area contributed by atoms with E-state index in [9.17, 15) is 18.0 Å². The van der Waals surface area contributed by atoms with Crippen LogP contribution in [0.25, 0.3) is 28.0 Å². The third kappa shape index (κ3) is 4.34. The van der Waals surface area contributed by atoms with E-state index in [0.717, 1.165) is 5.56 Å². The Labute approximate surface area is 224 Å². The van der Waals surface area contributed by atoms with Crippen molar-refractivity contribution in [2.75, 3.05) is 5.32 Å². The van der Waals surface area contributed by atoms with Gasteiger partial charge in [0.05, 0.1) is 33.9 Å². The summed E-state index contributed by atoms with van der Waals surface area (Å²) < 4.78 is 47.5. The summed E-state index contributed by atoms with van der Waals surface area (Å²) >= 11 is 6.49. The number of nitrogens with zero attached hydrogens (tertiary/aromatic N) is 6. The van der Waals surface area contributed by atoms with Crippen LogP contribution in [-0.4, -0.2) is 41.6 Å². The van der Waals surface area contributed by atoms with Crippen LogP contribution in [0.5, 0.6) is 0 Å². The number of halogens is 4. The number of carbonyl (C=O) groups is 1. The third-order valence-electron chi connectivity index (χ3n) is 6.85. The summed E-state index contributed by atoms with van der Waals surface area (Å²) in [5.41, 5.74) is 4.12. The molecule has 0 spiro atoms. The second-order valence-electron chi connectivity index (χ2n) is 9.49. The van der Waals surface area contributed by atoms with Crippen molar-refractivity contribution in [3.05, 3.63) is 70.1 Å². The molecule has 4 heterocycles. The zero-order chi connectivity index (χ0) is 27.6. The maximum atomic E-state index is 13.4. The topological polar surface area (TPSA) is 103 Å². The molecule has 6 rings (SSSR count). The first-order chi connectivity index (χ1) is 18.6. The largest absolute Gasteiger partial charge is 0.339 e. The lowest BCUT2D eigenvalue weighted by molar-refractivity contribution is 0.0542. The summed E-state index contributed by atoms with van der Waals surface area (Å²) in [5, 5.41) is 15.3. The molecule has 1 N–H and O–H groups in total. The normalized spacial score (nSPS) is 16.8. The van der Waals surface area contributed by atoms with E-state index in [2.05, 4.69) is 25.7 Å². The summed E-state index contributed by atoms with van der Waals surface area (Å²) in [5.74, 6) is -0.247. The molecular formula is C26H21ClF3N7O2. The van der Waals surface area contributed by atoms with E-state index in [-0.39, 0.29) is 28.1 Å². The monoisotopic (exact) mass is 555 g/mol. The van der Waals surface area contributed by atoms with Crippen LogP contribution in [0.1, 0.15) is 52.1 Å². The van der Waals surface area contributed by atoms with Gasteiger partial charge in [0, 0.05) is 34.3 Å². The molecule has 0 saturated heterocycles. The highest BCUT2D eigenvalue weighted by Crippen LogP contribution is 2.43. The molecule has 13 heteroatoms. The number of aryl methyl sites for hydroxylation is 2. The predicted molar refractivity (Wildman–Crippen MR) is 137 cm³/mol. The predicted octanol–water partition coefficient (Wildman–Crippen LogP) is 6.30. The average molecular weight is 556 g/mol. The van der Waals surface area contributed by atoms with Gasteiger partial charge >= 0.3 is 6.55 Å². The van der Waals surface area contributed by atoms with Crippen molar-refractivity contribution in [1.82, 2.24) is 29.5 Å². The highest BCUT2D eigenvalue weighted by atomic mass is 35.5. The Kier molecular flexibility index (Phi) is 5.94. The molecule has 1 aliphatic carbocycles. The van der Waals surface area contributed by atoms with E-state index in [4.69, 9.17) is 16.1 Å². The average Bonchev–Trinajstić information content (AvgIpc) is 3.23. The summed E-state index contributed by atoms with van der Waals surface area (Å²) in [6, 6.07) is 6.93. The molecule has 200 valence electrons. The fourth-order valence-electron chi connectivity index (χ4n) is 4.62. The minimum absolute atomic E-state index is 0.249. The molecule has 1 amide bonds. The van der Waals surface area contributed by atoms with Crippen molar-refractivity contribution in [2.45, 2.75) is 45.8 Å². The number of nitrogens with one attached hydrogen (secondary N) is 1. The number of fused-ring (bicyclic) bond motifs is 1. The van der Waals surface area contributed by atoms with Gasteiger partial charge in [-0.15, -0.1) is 0 Å². The van der Waals surface area contributed by atoms with Crippen molar-refractivity contribution < 1.29 is 22.5 Å². The summed E-state index contributed by atoms with van der Waals surface area (Å²) in [4.78, 5) is 17.7. The first-order valence-electron chi connectivity index (χ1n) is 12.0. The Morgan fingerprint density at radius 3 is 2.69 bits per heavy atom. The molecule has 39 heavy (non-hydrogen) atoms. The molecule has 4 aromatic heterocycles. The maximum absolute atomic E-state index is 13.4. The number of hydrogen-bond donors (Lipinski definition) is 1. The van der Waals surface area contributed by atoms with E-state index in [1.165, 1.54) is 23.8 Å².